The van der Waals surface area contributed by atoms with Crippen LogP contribution in [0.3, 0.4) is 0 Å². The topological polar surface area (TPSA) is 58.1 Å². The van der Waals surface area contributed by atoms with Gasteiger partial charge >= 0.3 is 0 Å². The first-order valence-corrected chi connectivity index (χ1v) is 10.00. The van der Waals surface area contributed by atoms with Crippen LogP contribution in [0.15, 0.2) is 42.9 Å². The Morgan fingerprint density at radius 3 is 2.56 bits per heavy atom. The highest BCUT2D eigenvalue weighted by molar-refractivity contribution is 5.76. The van der Waals surface area contributed by atoms with Gasteiger partial charge in [-0.05, 0) is 55.2 Å². The minimum Gasteiger partial charge on any atom is -0.343 e. The molecule has 0 atom stereocenters. The average Bonchev–Trinajstić information content (AvgIpc) is 2.69. The second kappa shape index (κ2) is 9.49. The van der Waals surface area contributed by atoms with Crippen molar-refractivity contribution in [3.63, 3.8) is 0 Å². The minimum atomic E-state index is 0.335. The summed E-state index contributed by atoms with van der Waals surface area (Å²) in [5.74, 6) is 2.34. The van der Waals surface area contributed by atoms with Crippen molar-refractivity contribution in [1.29, 1.82) is 0 Å². The van der Waals surface area contributed by atoms with Crippen LogP contribution in [-0.4, -0.2) is 33.9 Å². The second-order valence-corrected chi connectivity index (χ2v) is 7.87. The van der Waals surface area contributed by atoms with Crippen LogP contribution in [0, 0.1) is 11.8 Å². The van der Waals surface area contributed by atoms with Crippen molar-refractivity contribution in [3.8, 4) is 0 Å². The van der Waals surface area contributed by atoms with Gasteiger partial charge in [-0.3, -0.25) is 9.78 Å². The van der Waals surface area contributed by atoms with Crippen LogP contribution < -0.4 is 5.32 Å². The zero-order valence-corrected chi connectivity index (χ0v) is 16.4. The summed E-state index contributed by atoms with van der Waals surface area (Å²) in [4.78, 5) is 22.6. The number of piperidine rings is 1. The molecule has 1 aliphatic rings. The molecule has 1 amide bonds. The molecule has 1 N–H and O–H groups in total. The van der Waals surface area contributed by atoms with E-state index in [1.54, 1.807) is 18.6 Å². The van der Waals surface area contributed by atoms with Crippen molar-refractivity contribution in [3.05, 3.63) is 48.4 Å². The molecule has 0 bridgehead atoms. The Morgan fingerprint density at radius 1 is 1.19 bits per heavy atom. The Morgan fingerprint density at radius 2 is 1.93 bits per heavy atom. The minimum absolute atomic E-state index is 0.335. The fourth-order valence-electron chi connectivity index (χ4n) is 3.53. The number of aromatic nitrogens is 2. The summed E-state index contributed by atoms with van der Waals surface area (Å²) in [5, 5.41) is 3.26. The first-order valence-electron chi connectivity index (χ1n) is 10.00. The number of likely N-dealkylation sites (tertiary alicyclic amines) is 1. The number of amides is 1. The van der Waals surface area contributed by atoms with Crippen LogP contribution in [0.4, 0.5) is 11.5 Å². The molecule has 144 valence electrons. The third-order valence-corrected chi connectivity index (χ3v) is 5.22. The molecular formula is C22H30N4O. The van der Waals surface area contributed by atoms with E-state index < -0.39 is 0 Å². The van der Waals surface area contributed by atoms with Crippen molar-refractivity contribution in [2.24, 2.45) is 11.8 Å². The molecule has 0 aliphatic carbocycles. The summed E-state index contributed by atoms with van der Waals surface area (Å²) in [6.07, 6.45) is 10.0. The third-order valence-electron chi connectivity index (χ3n) is 5.22. The first kappa shape index (κ1) is 19.3. The van der Waals surface area contributed by atoms with Gasteiger partial charge in [-0.15, -0.1) is 0 Å². The fourth-order valence-corrected chi connectivity index (χ4v) is 3.53. The zero-order chi connectivity index (χ0) is 19.1. The monoisotopic (exact) mass is 366 g/mol. The Kier molecular flexibility index (Phi) is 6.80. The zero-order valence-electron chi connectivity index (χ0n) is 16.4. The molecule has 1 aromatic heterocycles. The first-order chi connectivity index (χ1) is 13.1. The van der Waals surface area contributed by atoms with Gasteiger partial charge in [-0.25, -0.2) is 4.98 Å². The smallest absolute Gasteiger partial charge is 0.222 e. The summed E-state index contributed by atoms with van der Waals surface area (Å²) in [6, 6.07) is 8.54. The Balaban J connectivity index is 1.44. The van der Waals surface area contributed by atoms with Gasteiger partial charge in [0, 0.05) is 37.6 Å². The number of benzene rings is 1. The van der Waals surface area contributed by atoms with Crippen LogP contribution in [0.5, 0.6) is 0 Å². The maximum Gasteiger partial charge on any atom is 0.222 e. The molecular weight excluding hydrogens is 336 g/mol. The summed E-state index contributed by atoms with van der Waals surface area (Å²) in [6.45, 7) is 6.17. The molecule has 0 radical (unpaired) electrons. The van der Waals surface area contributed by atoms with Gasteiger partial charge < -0.3 is 10.2 Å². The summed E-state index contributed by atoms with van der Waals surface area (Å²) in [7, 11) is 0. The lowest BCUT2D eigenvalue weighted by molar-refractivity contribution is -0.132. The van der Waals surface area contributed by atoms with Gasteiger partial charge in [-0.2, -0.15) is 0 Å². The molecule has 27 heavy (non-hydrogen) atoms. The highest BCUT2D eigenvalue weighted by atomic mass is 16.2. The molecule has 3 rings (SSSR count). The molecule has 2 heterocycles. The number of anilines is 2. The van der Waals surface area contributed by atoms with E-state index in [0.717, 1.165) is 50.3 Å². The van der Waals surface area contributed by atoms with Crippen LogP contribution >= 0.6 is 0 Å². The van der Waals surface area contributed by atoms with Gasteiger partial charge in [0.2, 0.25) is 5.91 Å². The van der Waals surface area contributed by atoms with Crippen LogP contribution in [0.1, 0.15) is 45.1 Å². The molecule has 2 aromatic rings. The molecule has 1 aromatic carbocycles. The molecule has 1 aliphatic heterocycles. The van der Waals surface area contributed by atoms with Crippen LogP contribution in [-0.2, 0) is 11.2 Å². The van der Waals surface area contributed by atoms with Crippen molar-refractivity contribution in [2.75, 3.05) is 18.4 Å². The SMILES string of the molecule is CC(C)CCC(=O)N1CCC(Cc2ccc(Nc3cnccn3)cc2)CC1. The predicted molar refractivity (Wildman–Crippen MR) is 109 cm³/mol. The summed E-state index contributed by atoms with van der Waals surface area (Å²) < 4.78 is 0. The maximum atomic E-state index is 12.3. The van der Waals surface area contributed by atoms with Crippen LogP contribution in [0.2, 0.25) is 0 Å². The summed E-state index contributed by atoms with van der Waals surface area (Å²) in [5.41, 5.74) is 2.37. The lowest BCUT2D eigenvalue weighted by atomic mass is 9.90. The number of nitrogens with zero attached hydrogens (tertiary/aromatic N) is 3. The van der Waals surface area contributed by atoms with Gasteiger partial charge in [0.1, 0.15) is 5.82 Å². The Bertz CT molecular complexity index is 707. The highest BCUT2D eigenvalue weighted by Gasteiger charge is 2.22. The third kappa shape index (κ3) is 6.05. The van der Waals surface area contributed by atoms with E-state index in [9.17, 15) is 4.79 Å². The Hall–Kier alpha value is -2.43. The lowest BCUT2D eigenvalue weighted by Crippen LogP contribution is -2.38. The quantitative estimate of drug-likeness (QED) is 0.787. The van der Waals surface area contributed by atoms with Crippen molar-refractivity contribution in [2.45, 2.75) is 46.0 Å². The standard InChI is InChI=1S/C22H30N4O/c1-17(2)3-8-22(27)26-13-9-19(10-14-26)15-18-4-6-20(7-5-18)25-21-16-23-11-12-24-21/h4-7,11-12,16-17,19H,3,8-10,13-15H2,1-2H3,(H,24,25). The van der Waals surface area contributed by atoms with E-state index in [1.165, 1.54) is 5.56 Å². The average molecular weight is 367 g/mol. The van der Waals surface area contributed by atoms with Crippen molar-refractivity contribution in [1.82, 2.24) is 14.9 Å². The van der Waals surface area contributed by atoms with Gasteiger partial charge in [-0.1, -0.05) is 26.0 Å². The number of hydrogen-bond acceptors (Lipinski definition) is 4. The predicted octanol–water partition coefficient (Wildman–Crippen LogP) is 4.44. The molecule has 5 nitrogen and oxygen atoms in total. The van der Waals surface area contributed by atoms with E-state index in [-0.39, 0.29) is 0 Å². The van der Waals surface area contributed by atoms with Crippen LogP contribution in [0.25, 0.3) is 0 Å². The Labute approximate surface area is 162 Å². The van der Waals surface area contributed by atoms with E-state index in [1.807, 2.05) is 0 Å². The number of nitrogens with one attached hydrogen (secondary N) is 1. The molecule has 0 unspecified atom stereocenters. The van der Waals surface area contributed by atoms with E-state index in [0.29, 0.717) is 24.2 Å². The number of rotatable bonds is 7. The van der Waals surface area contributed by atoms with Crippen molar-refractivity contribution < 1.29 is 4.79 Å². The normalized spacial score (nSPS) is 15.1. The maximum absolute atomic E-state index is 12.3. The number of hydrogen-bond donors (Lipinski definition) is 1. The number of carbonyl (C=O) groups excluding carboxylic acids is 1. The summed E-state index contributed by atoms with van der Waals surface area (Å²) >= 11 is 0. The van der Waals surface area contributed by atoms with E-state index in [4.69, 9.17) is 0 Å². The van der Waals surface area contributed by atoms with Crippen molar-refractivity contribution >= 4 is 17.4 Å². The molecule has 5 heteroatoms. The van der Waals surface area contributed by atoms with Gasteiger partial charge in [0.05, 0.1) is 6.20 Å². The second-order valence-electron chi connectivity index (χ2n) is 7.87. The fraction of sp³-hybridized carbons (Fsp3) is 0.500. The van der Waals surface area contributed by atoms with E-state index >= 15 is 0 Å². The van der Waals surface area contributed by atoms with Gasteiger partial charge in [0.15, 0.2) is 0 Å². The lowest BCUT2D eigenvalue weighted by Gasteiger charge is -2.32. The highest BCUT2D eigenvalue weighted by Crippen LogP contribution is 2.24. The number of carbonyl (C=O) groups is 1. The largest absolute Gasteiger partial charge is 0.343 e. The molecule has 1 fully saturated rings. The molecule has 0 saturated carbocycles. The molecule has 1 saturated heterocycles. The van der Waals surface area contributed by atoms with E-state index in [2.05, 4.69) is 58.3 Å². The van der Waals surface area contributed by atoms with Gasteiger partial charge in [0.25, 0.3) is 0 Å². The molecule has 0 spiro atoms.